The minimum atomic E-state index is 0.576. The number of hydrogen-bond donors (Lipinski definition) is 2. The van der Waals surface area contributed by atoms with Gasteiger partial charge >= 0.3 is 0 Å². The molecular formula is C15H11N5. The summed E-state index contributed by atoms with van der Waals surface area (Å²) in [5, 5.41) is 0. The van der Waals surface area contributed by atoms with Gasteiger partial charge < -0.3 is 9.97 Å². The van der Waals surface area contributed by atoms with Crippen LogP contribution in [0.15, 0.2) is 53.5 Å². The summed E-state index contributed by atoms with van der Waals surface area (Å²) in [4.78, 5) is 19.5. The molecule has 0 aliphatic carbocycles. The van der Waals surface area contributed by atoms with Gasteiger partial charge in [-0.1, -0.05) is 24.3 Å². The summed E-state index contributed by atoms with van der Waals surface area (Å²) >= 11 is 0. The molecule has 0 aliphatic rings. The summed E-state index contributed by atoms with van der Waals surface area (Å²) in [5.74, 6) is 1.29. The lowest BCUT2D eigenvalue weighted by atomic mass is 10.3. The van der Waals surface area contributed by atoms with Gasteiger partial charge in [-0.3, -0.25) is 0 Å². The van der Waals surface area contributed by atoms with Crippen LogP contribution in [0.1, 0.15) is 5.82 Å². The third-order valence-electron chi connectivity index (χ3n) is 3.09. The molecule has 2 N–H and O–H groups in total. The summed E-state index contributed by atoms with van der Waals surface area (Å²) in [7, 11) is 0. The largest absolute Gasteiger partial charge is 0.337 e. The zero-order valence-corrected chi connectivity index (χ0v) is 10.5. The quantitative estimate of drug-likeness (QED) is 0.544. The molecule has 0 bridgehead atoms. The van der Waals surface area contributed by atoms with Gasteiger partial charge in [-0.25, -0.2) is 15.0 Å². The standard InChI is InChI=1S/C15H11N5/c1-2-6-11-10(5-1)17-14(18-11)9-16-15-19-12-7-3-4-8-13(12)20-15/h1-9H,(H,17,18)(H,19,20). The Kier molecular flexibility index (Phi) is 2.35. The normalized spacial score (nSPS) is 11.8. The van der Waals surface area contributed by atoms with Crippen molar-refractivity contribution in [3.05, 3.63) is 54.4 Å². The molecule has 0 saturated carbocycles. The number of para-hydroxylation sites is 4. The van der Waals surface area contributed by atoms with Crippen molar-refractivity contribution in [2.24, 2.45) is 4.99 Å². The fourth-order valence-electron chi connectivity index (χ4n) is 2.16. The smallest absolute Gasteiger partial charge is 0.227 e. The van der Waals surface area contributed by atoms with Crippen LogP contribution in [0.25, 0.3) is 22.1 Å². The van der Waals surface area contributed by atoms with Gasteiger partial charge in [0.2, 0.25) is 5.95 Å². The molecule has 2 aromatic carbocycles. The van der Waals surface area contributed by atoms with Crippen LogP contribution in [0.4, 0.5) is 5.95 Å². The SMILES string of the molecule is C(=Nc1nc2ccccc2[nH]1)c1nc2ccccc2[nH]1. The Hall–Kier alpha value is -2.95. The molecule has 2 aromatic heterocycles. The van der Waals surface area contributed by atoms with E-state index in [-0.39, 0.29) is 0 Å². The summed E-state index contributed by atoms with van der Waals surface area (Å²) in [6.07, 6.45) is 1.68. The van der Waals surface area contributed by atoms with E-state index >= 15 is 0 Å². The molecule has 96 valence electrons. The molecule has 5 nitrogen and oxygen atoms in total. The molecular weight excluding hydrogens is 250 g/mol. The first-order valence-corrected chi connectivity index (χ1v) is 6.32. The van der Waals surface area contributed by atoms with E-state index in [2.05, 4.69) is 24.9 Å². The van der Waals surface area contributed by atoms with Gasteiger partial charge in [0, 0.05) is 0 Å². The van der Waals surface area contributed by atoms with E-state index in [1.165, 1.54) is 0 Å². The number of aromatic amines is 2. The maximum atomic E-state index is 4.44. The summed E-state index contributed by atoms with van der Waals surface area (Å²) in [6, 6.07) is 15.7. The molecule has 0 atom stereocenters. The van der Waals surface area contributed by atoms with E-state index in [1.807, 2.05) is 48.5 Å². The fraction of sp³-hybridized carbons (Fsp3) is 0. The van der Waals surface area contributed by atoms with Crippen LogP contribution in [0.2, 0.25) is 0 Å². The second-order valence-electron chi connectivity index (χ2n) is 4.47. The zero-order chi connectivity index (χ0) is 13.4. The van der Waals surface area contributed by atoms with Crippen LogP contribution in [0.3, 0.4) is 0 Å². The monoisotopic (exact) mass is 261 g/mol. The number of aromatic nitrogens is 4. The zero-order valence-electron chi connectivity index (χ0n) is 10.5. The second-order valence-corrected chi connectivity index (χ2v) is 4.47. The highest BCUT2D eigenvalue weighted by molar-refractivity contribution is 5.85. The summed E-state index contributed by atoms with van der Waals surface area (Å²) in [5.41, 5.74) is 3.81. The van der Waals surface area contributed by atoms with Crippen molar-refractivity contribution in [3.63, 3.8) is 0 Å². The van der Waals surface area contributed by atoms with Crippen molar-refractivity contribution >= 4 is 34.2 Å². The predicted octanol–water partition coefficient (Wildman–Crippen LogP) is 3.19. The van der Waals surface area contributed by atoms with Crippen LogP contribution in [0.5, 0.6) is 0 Å². The highest BCUT2D eigenvalue weighted by atomic mass is 15.1. The maximum Gasteiger partial charge on any atom is 0.227 e. The van der Waals surface area contributed by atoms with Gasteiger partial charge in [-0.2, -0.15) is 0 Å². The number of nitrogens with one attached hydrogen (secondary N) is 2. The maximum absolute atomic E-state index is 4.44. The fourth-order valence-corrected chi connectivity index (χ4v) is 2.16. The first kappa shape index (κ1) is 10.9. The Bertz CT molecular complexity index is 774. The van der Waals surface area contributed by atoms with E-state index in [0.29, 0.717) is 11.8 Å². The van der Waals surface area contributed by atoms with Crippen molar-refractivity contribution in [1.82, 2.24) is 19.9 Å². The molecule has 20 heavy (non-hydrogen) atoms. The number of benzene rings is 2. The number of imidazole rings is 2. The van der Waals surface area contributed by atoms with Crippen LogP contribution < -0.4 is 0 Å². The Morgan fingerprint density at radius 1 is 0.800 bits per heavy atom. The number of rotatable bonds is 2. The van der Waals surface area contributed by atoms with E-state index in [1.54, 1.807) is 6.21 Å². The van der Waals surface area contributed by atoms with Crippen molar-refractivity contribution in [3.8, 4) is 0 Å². The number of H-pyrrole nitrogens is 2. The highest BCUT2D eigenvalue weighted by Crippen LogP contribution is 2.15. The van der Waals surface area contributed by atoms with Crippen LogP contribution >= 0.6 is 0 Å². The topological polar surface area (TPSA) is 69.7 Å². The van der Waals surface area contributed by atoms with Gasteiger partial charge in [0.25, 0.3) is 0 Å². The minimum absolute atomic E-state index is 0.576. The van der Waals surface area contributed by atoms with Gasteiger partial charge in [-0.15, -0.1) is 0 Å². The molecule has 4 aromatic rings. The molecule has 0 radical (unpaired) electrons. The first-order chi connectivity index (χ1) is 9.88. The molecule has 0 fully saturated rings. The van der Waals surface area contributed by atoms with E-state index < -0.39 is 0 Å². The molecule has 0 saturated heterocycles. The number of aliphatic imine (C=N–C) groups is 1. The van der Waals surface area contributed by atoms with Crippen molar-refractivity contribution in [2.75, 3.05) is 0 Å². The highest BCUT2D eigenvalue weighted by Gasteiger charge is 2.01. The van der Waals surface area contributed by atoms with Crippen molar-refractivity contribution < 1.29 is 0 Å². The third-order valence-corrected chi connectivity index (χ3v) is 3.09. The second kappa shape index (κ2) is 4.31. The van der Waals surface area contributed by atoms with Crippen LogP contribution in [-0.4, -0.2) is 26.2 Å². The molecule has 0 amide bonds. The Morgan fingerprint density at radius 3 is 2.15 bits per heavy atom. The number of hydrogen-bond acceptors (Lipinski definition) is 3. The Labute approximate surface area is 114 Å². The van der Waals surface area contributed by atoms with Crippen molar-refractivity contribution in [1.29, 1.82) is 0 Å². The predicted molar refractivity (Wildman–Crippen MR) is 79.4 cm³/mol. The lowest BCUT2D eigenvalue weighted by Gasteiger charge is -1.83. The van der Waals surface area contributed by atoms with Gasteiger partial charge in [0.05, 0.1) is 28.3 Å². The van der Waals surface area contributed by atoms with E-state index in [4.69, 9.17) is 0 Å². The number of fused-ring (bicyclic) bond motifs is 2. The third kappa shape index (κ3) is 1.85. The molecule has 0 aliphatic heterocycles. The first-order valence-electron chi connectivity index (χ1n) is 6.32. The minimum Gasteiger partial charge on any atom is -0.337 e. The van der Waals surface area contributed by atoms with Gasteiger partial charge in [0.15, 0.2) is 0 Å². The van der Waals surface area contributed by atoms with Gasteiger partial charge in [-0.05, 0) is 24.3 Å². The van der Waals surface area contributed by atoms with Crippen LogP contribution in [0, 0.1) is 0 Å². The molecule has 0 spiro atoms. The lowest BCUT2D eigenvalue weighted by Crippen LogP contribution is -1.82. The van der Waals surface area contributed by atoms with E-state index in [9.17, 15) is 0 Å². The Balaban J connectivity index is 1.70. The van der Waals surface area contributed by atoms with Crippen molar-refractivity contribution in [2.45, 2.75) is 0 Å². The molecule has 5 heteroatoms. The summed E-state index contributed by atoms with van der Waals surface area (Å²) < 4.78 is 0. The van der Waals surface area contributed by atoms with Crippen LogP contribution in [-0.2, 0) is 0 Å². The molecule has 2 heterocycles. The van der Waals surface area contributed by atoms with E-state index in [0.717, 1.165) is 22.1 Å². The average molecular weight is 261 g/mol. The summed E-state index contributed by atoms with van der Waals surface area (Å²) in [6.45, 7) is 0. The Morgan fingerprint density at radius 2 is 1.45 bits per heavy atom. The number of nitrogens with zero attached hydrogens (tertiary/aromatic N) is 3. The molecule has 4 rings (SSSR count). The average Bonchev–Trinajstić information content (AvgIpc) is 3.07. The van der Waals surface area contributed by atoms with Gasteiger partial charge in [0.1, 0.15) is 5.82 Å². The lowest BCUT2D eigenvalue weighted by molar-refractivity contribution is 1.25. The molecule has 0 unspecified atom stereocenters.